The molecule has 1 heterocycles. The van der Waals surface area contributed by atoms with E-state index >= 15 is 0 Å². The Labute approximate surface area is 240 Å². The zero-order chi connectivity index (χ0) is 30.3. The molecular formula is C31H30F3N3O5. The Kier molecular flexibility index (Phi) is 9.61. The molecule has 1 fully saturated rings. The first kappa shape index (κ1) is 30.3. The highest BCUT2D eigenvalue weighted by Crippen LogP contribution is 2.37. The summed E-state index contributed by atoms with van der Waals surface area (Å²) in [5.74, 6) is -3.11. The summed E-state index contributed by atoms with van der Waals surface area (Å²) in [4.78, 5) is 53.4. The van der Waals surface area contributed by atoms with Crippen molar-refractivity contribution in [2.45, 2.75) is 50.6 Å². The first-order valence-corrected chi connectivity index (χ1v) is 13.3. The number of Topliss-reactive ketones (excluding diaryl/α,β-unsaturated/α-hetero) is 1. The number of amides is 3. The van der Waals surface area contributed by atoms with Crippen molar-refractivity contribution in [2.75, 3.05) is 7.11 Å². The van der Waals surface area contributed by atoms with Crippen molar-refractivity contribution in [1.82, 2.24) is 15.5 Å². The third-order valence-electron chi connectivity index (χ3n) is 7.05. The Bertz CT molecular complexity index is 1430. The number of ether oxygens (including phenoxy) is 1. The second-order valence-corrected chi connectivity index (χ2v) is 9.84. The molecule has 1 aliphatic rings. The molecule has 0 saturated carbocycles. The van der Waals surface area contributed by atoms with Crippen LogP contribution in [0.3, 0.4) is 0 Å². The normalized spacial score (nSPS) is 15.7. The zero-order valence-electron chi connectivity index (χ0n) is 22.8. The van der Waals surface area contributed by atoms with Gasteiger partial charge in [0.2, 0.25) is 17.6 Å². The van der Waals surface area contributed by atoms with Gasteiger partial charge in [-0.05, 0) is 29.7 Å². The van der Waals surface area contributed by atoms with E-state index in [4.69, 9.17) is 4.74 Å². The molecule has 1 aliphatic heterocycles. The van der Waals surface area contributed by atoms with Gasteiger partial charge < -0.3 is 20.3 Å². The van der Waals surface area contributed by atoms with E-state index in [0.29, 0.717) is 5.56 Å². The molecular weight excluding hydrogens is 551 g/mol. The van der Waals surface area contributed by atoms with Gasteiger partial charge in [0.25, 0.3) is 5.91 Å². The minimum atomic E-state index is -4.72. The number of methoxy groups -OCH3 is 1. The minimum Gasteiger partial charge on any atom is -0.496 e. The van der Waals surface area contributed by atoms with E-state index in [-0.39, 0.29) is 37.1 Å². The van der Waals surface area contributed by atoms with E-state index in [1.807, 2.05) is 6.07 Å². The van der Waals surface area contributed by atoms with Crippen molar-refractivity contribution in [3.63, 3.8) is 0 Å². The van der Waals surface area contributed by atoms with E-state index in [9.17, 15) is 32.3 Å². The number of halogens is 3. The van der Waals surface area contributed by atoms with Crippen LogP contribution in [0.4, 0.5) is 13.2 Å². The lowest BCUT2D eigenvalue weighted by molar-refractivity contribution is -0.142. The van der Waals surface area contributed by atoms with Crippen LogP contribution < -0.4 is 15.4 Å². The van der Waals surface area contributed by atoms with E-state index in [0.717, 1.165) is 16.5 Å². The average molecular weight is 582 g/mol. The van der Waals surface area contributed by atoms with E-state index in [1.54, 1.807) is 54.6 Å². The van der Waals surface area contributed by atoms with Gasteiger partial charge in [-0.2, -0.15) is 13.2 Å². The standard InChI is InChI=1S/C31H30F3N3O5/c1-42-26-14-8-13-23(31(32,33)34)22(26)19-37-25(15-16-27(37)38)29(40)36-24(17-20-9-4-2-5-10-20)28(39)30(41)35-18-21-11-6-3-7-12-21/h2-14,24-25H,15-19H2,1H3,(H,35,41)(H,36,40)/t24?,25-/m0/s1. The first-order valence-electron chi connectivity index (χ1n) is 13.3. The molecule has 220 valence electrons. The van der Waals surface area contributed by atoms with Crippen LogP contribution in [0.15, 0.2) is 78.9 Å². The number of hydrogen-bond donors (Lipinski definition) is 2. The molecule has 0 radical (unpaired) electrons. The van der Waals surface area contributed by atoms with Gasteiger partial charge in [-0.3, -0.25) is 19.2 Å². The highest BCUT2D eigenvalue weighted by Gasteiger charge is 2.41. The average Bonchev–Trinajstić information content (AvgIpc) is 3.35. The van der Waals surface area contributed by atoms with Crippen LogP contribution in [0.5, 0.6) is 5.75 Å². The lowest BCUT2D eigenvalue weighted by Crippen LogP contribution is -2.53. The lowest BCUT2D eigenvalue weighted by Gasteiger charge is -2.28. The van der Waals surface area contributed by atoms with Crippen molar-refractivity contribution in [3.05, 3.63) is 101 Å². The fourth-order valence-corrected chi connectivity index (χ4v) is 4.91. The Hall–Kier alpha value is -4.67. The molecule has 8 nitrogen and oxygen atoms in total. The van der Waals surface area contributed by atoms with E-state index in [2.05, 4.69) is 10.6 Å². The van der Waals surface area contributed by atoms with E-state index < -0.39 is 53.9 Å². The zero-order valence-corrected chi connectivity index (χ0v) is 22.8. The lowest BCUT2D eigenvalue weighted by atomic mass is 10.0. The maximum atomic E-state index is 13.8. The van der Waals surface area contributed by atoms with Gasteiger partial charge in [-0.1, -0.05) is 66.7 Å². The maximum Gasteiger partial charge on any atom is 0.416 e. The molecule has 0 aliphatic carbocycles. The molecule has 3 aromatic carbocycles. The van der Waals surface area contributed by atoms with Crippen LogP contribution in [-0.2, 0) is 44.9 Å². The predicted molar refractivity (Wildman–Crippen MR) is 147 cm³/mol. The van der Waals surface area contributed by atoms with Gasteiger partial charge in [0.05, 0.1) is 19.2 Å². The van der Waals surface area contributed by atoms with Gasteiger partial charge in [-0.15, -0.1) is 0 Å². The van der Waals surface area contributed by atoms with Crippen LogP contribution in [0.2, 0.25) is 0 Å². The van der Waals surface area contributed by atoms with Crippen molar-refractivity contribution < 1.29 is 37.1 Å². The second-order valence-electron chi connectivity index (χ2n) is 9.84. The Balaban J connectivity index is 1.54. The first-order chi connectivity index (χ1) is 20.1. The number of alkyl halides is 3. The summed E-state index contributed by atoms with van der Waals surface area (Å²) >= 11 is 0. The molecule has 1 unspecified atom stereocenters. The summed E-state index contributed by atoms with van der Waals surface area (Å²) in [5, 5.41) is 5.16. The Morgan fingerprint density at radius 3 is 2.21 bits per heavy atom. The van der Waals surface area contributed by atoms with Crippen molar-refractivity contribution in [2.24, 2.45) is 0 Å². The summed E-state index contributed by atoms with van der Waals surface area (Å²) in [7, 11) is 1.22. The quantitative estimate of drug-likeness (QED) is 0.335. The smallest absolute Gasteiger partial charge is 0.416 e. The van der Waals surface area contributed by atoms with Crippen molar-refractivity contribution in [3.8, 4) is 5.75 Å². The summed E-state index contributed by atoms with van der Waals surface area (Å²) < 4.78 is 46.5. The molecule has 2 atom stereocenters. The largest absolute Gasteiger partial charge is 0.496 e. The minimum absolute atomic E-state index is 0.00440. The number of nitrogens with zero attached hydrogens (tertiary/aromatic N) is 1. The molecule has 0 bridgehead atoms. The number of likely N-dealkylation sites (tertiary alicyclic amines) is 1. The third kappa shape index (κ3) is 7.34. The number of carbonyl (C=O) groups is 4. The fraction of sp³-hybridized carbons (Fsp3) is 0.290. The molecule has 11 heteroatoms. The third-order valence-corrected chi connectivity index (χ3v) is 7.05. The van der Waals surface area contributed by atoms with Crippen LogP contribution >= 0.6 is 0 Å². The topological polar surface area (TPSA) is 105 Å². The summed E-state index contributed by atoms with van der Waals surface area (Å²) in [5.41, 5.74) is 0.192. The molecule has 42 heavy (non-hydrogen) atoms. The van der Waals surface area contributed by atoms with Crippen molar-refractivity contribution in [1.29, 1.82) is 0 Å². The highest BCUT2D eigenvalue weighted by molar-refractivity contribution is 6.38. The van der Waals surface area contributed by atoms with Crippen molar-refractivity contribution >= 4 is 23.5 Å². The molecule has 0 aromatic heterocycles. The number of rotatable bonds is 11. The van der Waals surface area contributed by atoms with Crippen LogP contribution in [0.25, 0.3) is 0 Å². The number of hydrogen-bond acceptors (Lipinski definition) is 5. The van der Waals surface area contributed by atoms with Crippen LogP contribution in [0.1, 0.15) is 35.1 Å². The fourth-order valence-electron chi connectivity index (χ4n) is 4.91. The van der Waals surface area contributed by atoms with Crippen LogP contribution in [0, 0.1) is 0 Å². The number of benzene rings is 3. The molecule has 3 aromatic rings. The Morgan fingerprint density at radius 2 is 1.60 bits per heavy atom. The van der Waals surface area contributed by atoms with Gasteiger partial charge >= 0.3 is 6.18 Å². The summed E-state index contributed by atoms with van der Waals surface area (Å²) in [6.07, 6.45) is -4.75. The summed E-state index contributed by atoms with van der Waals surface area (Å²) in [6.45, 7) is -0.423. The molecule has 0 spiro atoms. The molecule has 2 N–H and O–H groups in total. The Morgan fingerprint density at radius 1 is 0.952 bits per heavy atom. The second kappa shape index (κ2) is 13.3. The van der Waals surface area contributed by atoms with Gasteiger partial charge in [-0.25, -0.2) is 0 Å². The van der Waals surface area contributed by atoms with Gasteiger partial charge in [0.1, 0.15) is 17.8 Å². The molecule has 1 saturated heterocycles. The monoisotopic (exact) mass is 581 g/mol. The number of ketones is 1. The SMILES string of the molecule is COc1cccc(C(F)(F)F)c1CN1C(=O)CC[C@H]1C(=O)NC(Cc1ccccc1)C(=O)C(=O)NCc1ccccc1. The maximum absolute atomic E-state index is 13.8. The number of carbonyl (C=O) groups excluding carboxylic acids is 4. The summed E-state index contributed by atoms with van der Waals surface area (Å²) in [6, 6.07) is 18.7. The van der Waals surface area contributed by atoms with Gasteiger partial charge in [0.15, 0.2) is 0 Å². The van der Waals surface area contributed by atoms with Gasteiger partial charge in [0, 0.05) is 24.9 Å². The van der Waals surface area contributed by atoms with E-state index in [1.165, 1.54) is 19.2 Å². The molecule has 3 amide bonds. The molecule has 4 rings (SSSR count). The predicted octanol–water partition coefficient (Wildman–Crippen LogP) is 3.82. The highest BCUT2D eigenvalue weighted by atomic mass is 19.4. The van der Waals surface area contributed by atoms with Crippen LogP contribution in [-0.4, -0.2) is 47.6 Å². The number of nitrogens with one attached hydrogen (secondary N) is 2.